The van der Waals surface area contributed by atoms with Crippen molar-refractivity contribution in [2.24, 2.45) is 5.41 Å². The molecule has 0 radical (unpaired) electrons. The van der Waals surface area contributed by atoms with Gasteiger partial charge < -0.3 is 39.7 Å². The number of amides is 8. The number of unbranched alkanes of at least 4 members (excludes halogenated alkanes) is 7. The molecule has 85 heavy (non-hydrogen) atoms. The topological polar surface area (TPSA) is 258 Å². The third kappa shape index (κ3) is 14.2. The maximum atomic E-state index is 15.2. The van der Waals surface area contributed by atoms with Crippen molar-refractivity contribution < 1.29 is 71.0 Å². The minimum Gasteiger partial charge on any atom is -0.484 e. The lowest BCUT2D eigenvalue weighted by Crippen LogP contribution is -2.61. The highest BCUT2D eigenvalue weighted by molar-refractivity contribution is 7.52. The lowest BCUT2D eigenvalue weighted by Gasteiger charge is -2.43. The van der Waals surface area contributed by atoms with Crippen LogP contribution in [0.3, 0.4) is 0 Å². The molecule has 4 aromatic carbocycles. The summed E-state index contributed by atoms with van der Waals surface area (Å²) in [6.45, 7) is 6.22. The van der Waals surface area contributed by atoms with E-state index in [1.807, 2.05) is 36.4 Å². The molecule has 5 aromatic rings. The van der Waals surface area contributed by atoms with Crippen molar-refractivity contribution in [3.63, 3.8) is 0 Å². The normalized spacial score (nSPS) is 18.5. The van der Waals surface area contributed by atoms with Crippen LogP contribution in [-0.4, -0.2) is 123 Å². The lowest BCUT2D eigenvalue weighted by molar-refractivity contribution is -0.153. The van der Waals surface area contributed by atoms with Gasteiger partial charge in [0.15, 0.2) is 6.61 Å². The van der Waals surface area contributed by atoms with E-state index < -0.39 is 83.9 Å². The van der Waals surface area contributed by atoms with Gasteiger partial charge in [-0.2, -0.15) is 8.78 Å². The number of alkyl halides is 2. The van der Waals surface area contributed by atoms with Crippen LogP contribution in [0.1, 0.15) is 149 Å². The minimum atomic E-state index is -5.86. The van der Waals surface area contributed by atoms with Gasteiger partial charge in [-0.25, -0.2) is 0 Å². The summed E-state index contributed by atoms with van der Waals surface area (Å²) in [7, 11) is -5.86. The quantitative estimate of drug-likeness (QED) is 0.0215. The van der Waals surface area contributed by atoms with Gasteiger partial charge in [0.25, 0.3) is 23.6 Å². The SMILES string of the molecule is CC(C)(C)[C@H](NC(=O)c1cc2cc(C(F)(F)P(=O)(O)O)ccc2s1)C(=O)N1Cc2cc(OCC(=O)NCCCCCCCCCC#Cc3cccc4c3C(=O)N(C3CCC(=O)NC3=O)C4=O)ccc2C[C@H]1C(=O)N1CCOC(c2ccccc2)C1. The first kappa shape index (κ1) is 61.9. The highest BCUT2D eigenvalue weighted by Gasteiger charge is 2.51. The number of thiophene rings is 1. The second kappa shape index (κ2) is 26.3. The fourth-order valence-electron chi connectivity index (χ4n) is 11.0. The van der Waals surface area contributed by atoms with E-state index in [9.17, 15) is 56.7 Å². The molecule has 4 aliphatic heterocycles. The number of benzene rings is 4. The molecule has 0 spiro atoms. The number of piperidine rings is 1. The Labute approximate surface area is 494 Å². The van der Waals surface area contributed by atoms with Gasteiger partial charge in [-0.1, -0.05) is 113 Å². The Balaban J connectivity index is 0.766. The fraction of sp³-hybridized carbons (Fsp3) is 0.419. The molecule has 4 atom stereocenters. The molecule has 448 valence electrons. The van der Waals surface area contributed by atoms with Crippen LogP contribution in [0.25, 0.3) is 10.1 Å². The predicted octanol–water partition coefficient (Wildman–Crippen LogP) is 7.90. The Morgan fingerprint density at radius 3 is 2.35 bits per heavy atom. The number of imide groups is 2. The summed E-state index contributed by atoms with van der Waals surface area (Å²) in [5.74, 6) is 2.41. The van der Waals surface area contributed by atoms with Crippen molar-refractivity contribution in [2.45, 2.75) is 128 Å². The van der Waals surface area contributed by atoms with Crippen molar-refractivity contribution in [1.29, 1.82) is 0 Å². The van der Waals surface area contributed by atoms with Crippen LogP contribution in [-0.2, 0) is 51.9 Å². The number of ether oxygens (including phenoxy) is 2. The van der Waals surface area contributed by atoms with Crippen LogP contribution in [0, 0.1) is 17.3 Å². The van der Waals surface area contributed by atoms with Gasteiger partial charge in [0.2, 0.25) is 23.6 Å². The number of nitrogens with one attached hydrogen (secondary N) is 3. The van der Waals surface area contributed by atoms with Crippen molar-refractivity contribution >= 4 is 76.3 Å². The minimum absolute atomic E-state index is 0.0383. The van der Waals surface area contributed by atoms with E-state index >= 15 is 4.79 Å². The van der Waals surface area contributed by atoms with Gasteiger partial charge in [-0.3, -0.25) is 53.1 Å². The first-order valence-electron chi connectivity index (χ1n) is 28.4. The molecule has 5 N–H and O–H groups in total. The fourth-order valence-corrected chi connectivity index (χ4v) is 12.4. The standard InChI is InChI=1S/C62H67F2N6O13PS/c1-61(2,3)54(67-56(74)50-34-41-31-43(23-26-49(41)85-50)62(63,64)84(79,80)81)60(78)69-35-42-32-44(24-22-40(42)33-47(69)58(76)68-29-30-82-48(36-68)38-17-13-11-14-18-38)83-37-52(72)65-28-15-10-8-6-4-5-7-9-12-19-39-20-16-21-45-53(39)59(77)70(57(45)75)46-25-27-51(71)66-55(46)73/h11,13-14,16-18,20-24,26,31-32,34,46-48,54H,4-10,15,25,27-30,33,35-37H2,1-3H3,(H,65,72)(H,67,74)(H,66,71,73)(H2,79,80,81)/t46?,47-,48?,54+/m0/s1. The van der Waals surface area contributed by atoms with Crippen molar-refractivity contribution in [1.82, 2.24) is 30.7 Å². The molecule has 23 heteroatoms. The average molecular weight is 1210 g/mol. The highest BCUT2D eigenvalue weighted by Crippen LogP contribution is 2.59. The van der Waals surface area contributed by atoms with Gasteiger partial charge in [-0.15, -0.1) is 11.3 Å². The molecule has 5 heterocycles. The molecule has 1 aromatic heterocycles. The molecule has 2 fully saturated rings. The summed E-state index contributed by atoms with van der Waals surface area (Å²) in [6.07, 6.45) is 6.89. The Kier molecular flexibility index (Phi) is 19.1. The number of carbonyl (C=O) groups excluding carboxylic acids is 8. The van der Waals surface area contributed by atoms with Gasteiger partial charge >= 0.3 is 13.3 Å². The summed E-state index contributed by atoms with van der Waals surface area (Å²) >= 11 is 0.952. The zero-order valence-electron chi connectivity index (χ0n) is 47.3. The Bertz CT molecular complexity index is 3540. The number of hydrogen-bond donors (Lipinski definition) is 5. The molecule has 0 saturated carbocycles. The van der Waals surface area contributed by atoms with Crippen molar-refractivity contribution in [3.05, 3.63) is 135 Å². The van der Waals surface area contributed by atoms with E-state index in [1.54, 1.807) is 56.0 Å². The summed E-state index contributed by atoms with van der Waals surface area (Å²) in [4.78, 5) is 130. The Morgan fingerprint density at radius 1 is 0.882 bits per heavy atom. The molecule has 0 bridgehead atoms. The second-order valence-electron chi connectivity index (χ2n) is 22.7. The van der Waals surface area contributed by atoms with Crippen molar-refractivity contribution in [2.75, 3.05) is 32.8 Å². The number of morpholine rings is 1. The molecule has 2 saturated heterocycles. The smallest absolute Gasteiger partial charge is 0.399 e. The average Bonchev–Trinajstić information content (AvgIpc) is 2.32. The zero-order chi connectivity index (χ0) is 60.8. The van der Waals surface area contributed by atoms with E-state index in [0.29, 0.717) is 34.5 Å². The maximum Gasteiger partial charge on any atom is 0.399 e. The Morgan fingerprint density at radius 2 is 1.62 bits per heavy atom. The van der Waals surface area contributed by atoms with Crippen LogP contribution in [0.5, 0.6) is 5.75 Å². The number of nitrogens with zero attached hydrogens (tertiary/aromatic N) is 3. The summed E-state index contributed by atoms with van der Waals surface area (Å²) in [6, 6.07) is 20.8. The number of carbonyl (C=O) groups is 8. The third-order valence-corrected chi connectivity index (χ3v) is 17.7. The van der Waals surface area contributed by atoms with Crippen LogP contribution in [0.2, 0.25) is 0 Å². The maximum absolute atomic E-state index is 15.2. The van der Waals surface area contributed by atoms with Gasteiger partial charge in [-0.05, 0) is 89.2 Å². The van der Waals surface area contributed by atoms with E-state index in [2.05, 4.69) is 27.8 Å². The number of halogens is 2. The second-order valence-corrected chi connectivity index (χ2v) is 25.5. The van der Waals surface area contributed by atoms with Crippen molar-refractivity contribution in [3.8, 4) is 17.6 Å². The first-order valence-corrected chi connectivity index (χ1v) is 30.8. The van der Waals surface area contributed by atoms with E-state index in [4.69, 9.17) is 9.47 Å². The predicted molar refractivity (Wildman–Crippen MR) is 310 cm³/mol. The van der Waals surface area contributed by atoms with Gasteiger partial charge in [0, 0.05) is 54.7 Å². The molecule has 4 aliphatic rings. The van der Waals surface area contributed by atoms with Crippen LogP contribution in [0.4, 0.5) is 8.78 Å². The summed E-state index contributed by atoms with van der Waals surface area (Å²) < 4.78 is 53.4. The summed E-state index contributed by atoms with van der Waals surface area (Å²) in [5.41, 5.74) is -3.15. The molecule has 19 nitrogen and oxygen atoms in total. The van der Waals surface area contributed by atoms with E-state index in [1.165, 1.54) is 17.0 Å². The van der Waals surface area contributed by atoms with Gasteiger partial charge in [0.1, 0.15) is 30.0 Å². The number of hydrogen-bond acceptors (Lipinski definition) is 12. The first-order chi connectivity index (χ1) is 40.5. The highest BCUT2D eigenvalue weighted by atomic mass is 32.1. The number of rotatable bonds is 20. The lowest BCUT2D eigenvalue weighted by atomic mass is 9.84. The molecule has 0 aliphatic carbocycles. The van der Waals surface area contributed by atoms with Crippen LogP contribution >= 0.6 is 18.9 Å². The molecular formula is C62H67F2N6O13PS. The van der Waals surface area contributed by atoms with E-state index in [0.717, 1.165) is 84.4 Å². The van der Waals surface area contributed by atoms with Gasteiger partial charge in [0.05, 0.1) is 29.2 Å². The van der Waals surface area contributed by atoms with E-state index in [-0.39, 0.29) is 85.3 Å². The Hall–Kier alpha value is -7.67. The largest absolute Gasteiger partial charge is 0.484 e. The number of fused-ring (bicyclic) bond motifs is 3. The van der Waals surface area contributed by atoms with Crippen LogP contribution in [0.15, 0.2) is 91.0 Å². The monoisotopic (exact) mass is 1200 g/mol. The molecular weight excluding hydrogens is 1140 g/mol. The molecule has 8 amide bonds. The summed E-state index contributed by atoms with van der Waals surface area (Å²) in [5, 5.41) is 8.12. The zero-order valence-corrected chi connectivity index (χ0v) is 49.0. The molecule has 9 rings (SSSR count). The third-order valence-electron chi connectivity index (χ3n) is 15.6. The van der Waals surface area contributed by atoms with Crippen LogP contribution < -0.4 is 20.7 Å². The molecule has 2 unspecified atom stereocenters.